The number of aryl methyl sites for hydroxylation is 3. The highest BCUT2D eigenvalue weighted by Crippen LogP contribution is 2.21. The third-order valence-corrected chi connectivity index (χ3v) is 2.98. The Hall–Kier alpha value is -1.88. The molecule has 0 radical (unpaired) electrons. The van der Waals surface area contributed by atoms with Crippen LogP contribution in [-0.4, -0.2) is 44.0 Å². The van der Waals surface area contributed by atoms with E-state index in [1.54, 1.807) is 11.9 Å². The van der Waals surface area contributed by atoms with Crippen molar-refractivity contribution in [3.8, 4) is 0 Å². The number of hydrogen-bond donors (Lipinski definition) is 1. The van der Waals surface area contributed by atoms with Crippen LogP contribution < -0.4 is 5.32 Å². The molecule has 0 saturated carbocycles. The van der Waals surface area contributed by atoms with Crippen LogP contribution in [0.3, 0.4) is 0 Å². The number of carbonyl (C=O) groups excluding carboxylic acids is 2. The van der Waals surface area contributed by atoms with Crippen LogP contribution in [0.25, 0.3) is 0 Å². The molecule has 0 heterocycles. The van der Waals surface area contributed by atoms with Crippen molar-refractivity contribution in [1.29, 1.82) is 0 Å². The van der Waals surface area contributed by atoms with E-state index < -0.39 is 0 Å². The second-order valence-electron chi connectivity index (χ2n) is 5.07. The number of anilines is 1. The first-order valence-corrected chi connectivity index (χ1v) is 6.46. The molecule has 0 bridgehead atoms. The van der Waals surface area contributed by atoms with Crippen LogP contribution in [-0.2, 0) is 14.3 Å². The van der Waals surface area contributed by atoms with E-state index in [1.165, 1.54) is 12.7 Å². The number of rotatable bonds is 5. The molecule has 110 valence electrons. The summed E-state index contributed by atoms with van der Waals surface area (Å²) < 4.78 is 4.56. The quantitative estimate of drug-likeness (QED) is 0.832. The number of benzene rings is 1. The van der Waals surface area contributed by atoms with E-state index in [2.05, 4.69) is 10.1 Å². The minimum absolute atomic E-state index is 0.0930. The summed E-state index contributed by atoms with van der Waals surface area (Å²) >= 11 is 0. The molecule has 20 heavy (non-hydrogen) atoms. The third-order valence-electron chi connectivity index (χ3n) is 2.98. The van der Waals surface area contributed by atoms with Crippen molar-refractivity contribution in [2.24, 2.45) is 0 Å². The van der Waals surface area contributed by atoms with E-state index in [1.807, 2.05) is 32.9 Å². The zero-order valence-electron chi connectivity index (χ0n) is 12.7. The van der Waals surface area contributed by atoms with Crippen LogP contribution in [0.5, 0.6) is 0 Å². The monoisotopic (exact) mass is 278 g/mol. The standard InChI is InChI=1S/C15H22N2O3/c1-10-6-11(2)15(12(3)7-10)16-13(18)8-17(4)9-14(19)20-5/h6-7H,8-9H2,1-5H3,(H,16,18). The van der Waals surface area contributed by atoms with Crippen molar-refractivity contribution in [2.45, 2.75) is 20.8 Å². The molecule has 0 aliphatic rings. The summed E-state index contributed by atoms with van der Waals surface area (Å²) in [7, 11) is 3.03. The molecule has 0 atom stereocenters. The molecule has 5 heteroatoms. The Morgan fingerprint density at radius 1 is 1.15 bits per heavy atom. The lowest BCUT2D eigenvalue weighted by atomic mass is 10.1. The van der Waals surface area contributed by atoms with Crippen LogP contribution in [0, 0.1) is 20.8 Å². The van der Waals surface area contributed by atoms with E-state index in [-0.39, 0.29) is 25.0 Å². The third kappa shape index (κ3) is 4.66. The molecule has 0 aliphatic heterocycles. The van der Waals surface area contributed by atoms with Gasteiger partial charge in [-0.2, -0.15) is 0 Å². The van der Waals surface area contributed by atoms with Crippen molar-refractivity contribution in [1.82, 2.24) is 4.90 Å². The highest BCUT2D eigenvalue weighted by atomic mass is 16.5. The number of nitrogens with zero attached hydrogens (tertiary/aromatic N) is 1. The van der Waals surface area contributed by atoms with Gasteiger partial charge in [0.25, 0.3) is 0 Å². The zero-order chi connectivity index (χ0) is 15.3. The maximum absolute atomic E-state index is 12.0. The van der Waals surface area contributed by atoms with E-state index in [9.17, 15) is 9.59 Å². The number of ether oxygens (including phenoxy) is 1. The Morgan fingerprint density at radius 2 is 1.70 bits per heavy atom. The highest BCUT2D eigenvalue weighted by molar-refractivity contribution is 5.94. The van der Waals surface area contributed by atoms with Gasteiger partial charge in [-0.25, -0.2) is 0 Å². The molecule has 1 aromatic rings. The summed E-state index contributed by atoms with van der Waals surface area (Å²) in [6.07, 6.45) is 0. The molecule has 0 aromatic heterocycles. The molecule has 1 N–H and O–H groups in total. The first kappa shape index (κ1) is 16.2. The number of esters is 1. The van der Waals surface area contributed by atoms with Gasteiger partial charge in [-0.3, -0.25) is 14.5 Å². The van der Waals surface area contributed by atoms with E-state index >= 15 is 0 Å². The summed E-state index contributed by atoms with van der Waals surface area (Å²) in [5.41, 5.74) is 4.07. The van der Waals surface area contributed by atoms with Gasteiger partial charge in [-0.05, 0) is 38.9 Å². The molecule has 0 spiro atoms. The largest absolute Gasteiger partial charge is 0.468 e. The summed E-state index contributed by atoms with van der Waals surface area (Å²) in [5, 5.41) is 2.90. The molecular weight excluding hydrogens is 256 g/mol. The van der Waals surface area contributed by atoms with Crippen molar-refractivity contribution < 1.29 is 14.3 Å². The van der Waals surface area contributed by atoms with Crippen molar-refractivity contribution in [3.63, 3.8) is 0 Å². The second kappa shape index (κ2) is 7.05. The molecule has 0 unspecified atom stereocenters. The van der Waals surface area contributed by atoms with Crippen molar-refractivity contribution in [3.05, 3.63) is 28.8 Å². The lowest BCUT2D eigenvalue weighted by molar-refractivity contribution is -0.141. The first-order chi connectivity index (χ1) is 9.33. The van der Waals surface area contributed by atoms with Crippen LogP contribution in [0.1, 0.15) is 16.7 Å². The summed E-state index contributed by atoms with van der Waals surface area (Å²) in [4.78, 5) is 24.7. The summed E-state index contributed by atoms with van der Waals surface area (Å²) in [6.45, 7) is 6.19. The molecule has 0 aliphatic carbocycles. The van der Waals surface area contributed by atoms with Crippen molar-refractivity contribution in [2.75, 3.05) is 32.6 Å². The van der Waals surface area contributed by atoms with Gasteiger partial charge in [0, 0.05) is 5.69 Å². The SMILES string of the molecule is COC(=O)CN(C)CC(=O)Nc1c(C)cc(C)cc1C. The summed E-state index contributed by atoms with van der Waals surface area (Å²) in [5.74, 6) is -0.505. The molecule has 1 aromatic carbocycles. The molecule has 1 rings (SSSR count). The fourth-order valence-corrected chi connectivity index (χ4v) is 2.14. The Labute approximate surface area is 119 Å². The number of amides is 1. The van der Waals surface area contributed by atoms with Crippen LogP contribution in [0.4, 0.5) is 5.69 Å². The average Bonchev–Trinajstić information content (AvgIpc) is 2.33. The number of likely N-dealkylation sites (N-methyl/N-ethyl adjacent to an activating group) is 1. The molecule has 5 nitrogen and oxygen atoms in total. The Morgan fingerprint density at radius 3 is 2.20 bits per heavy atom. The van der Waals surface area contributed by atoms with Gasteiger partial charge in [-0.15, -0.1) is 0 Å². The summed E-state index contributed by atoms with van der Waals surface area (Å²) in [6, 6.07) is 4.06. The molecule has 1 amide bonds. The van der Waals surface area contributed by atoms with Gasteiger partial charge < -0.3 is 10.1 Å². The van der Waals surface area contributed by atoms with Gasteiger partial charge in [0.15, 0.2) is 0 Å². The smallest absolute Gasteiger partial charge is 0.319 e. The van der Waals surface area contributed by atoms with Crippen LogP contribution in [0.15, 0.2) is 12.1 Å². The lowest BCUT2D eigenvalue weighted by Gasteiger charge is -2.17. The fourth-order valence-electron chi connectivity index (χ4n) is 2.14. The number of carbonyl (C=O) groups is 2. The minimum atomic E-state index is -0.358. The predicted octanol–water partition coefficient (Wildman–Crippen LogP) is 1.66. The number of nitrogens with one attached hydrogen (secondary N) is 1. The number of hydrogen-bond acceptors (Lipinski definition) is 4. The van der Waals surface area contributed by atoms with Crippen LogP contribution >= 0.6 is 0 Å². The maximum Gasteiger partial charge on any atom is 0.319 e. The fraction of sp³-hybridized carbons (Fsp3) is 0.467. The van der Waals surface area contributed by atoms with Gasteiger partial charge in [-0.1, -0.05) is 17.7 Å². The first-order valence-electron chi connectivity index (χ1n) is 6.46. The zero-order valence-corrected chi connectivity index (χ0v) is 12.7. The van der Waals surface area contributed by atoms with Gasteiger partial charge in [0.05, 0.1) is 20.2 Å². The topological polar surface area (TPSA) is 58.6 Å². The molecule has 0 saturated heterocycles. The molecule has 0 fully saturated rings. The van der Waals surface area contributed by atoms with Crippen LogP contribution in [0.2, 0.25) is 0 Å². The Kier molecular flexibility index (Phi) is 5.70. The predicted molar refractivity (Wildman–Crippen MR) is 78.8 cm³/mol. The van der Waals surface area contributed by atoms with E-state index in [0.717, 1.165) is 16.8 Å². The van der Waals surface area contributed by atoms with Gasteiger partial charge in [0.1, 0.15) is 0 Å². The molecular formula is C15H22N2O3. The lowest BCUT2D eigenvalue weighted by Crippen LogP contribution is -2.34. The van der Waals surface area contributed by atoms with Gasteiger partial charge >= 0.3 is 5.97 Å². The van der Waals surface area contributed by atoms with Crippen molar-refractivity contribution >= 4 is 17.6 Å². The van der Waals surface area contributed by atoms with E-state index in [0.29, 0.717) is 0 Å². The number of methoxy groups -OCH3 is 1. The second-order valence-corrected chi connectivity index (χ2v) is 5.07. The normalized spacial score (nSPS) is 10.5. The Bertz CT molecular complexity index is 489. The van der Waals surface area contributed by atoms with E-state index in [4.69, 9.17) is 0 Å². The Balaban J connectivity index is 2.65. The maximum atomic E-state index is 12.0. The average molecular weight is 278 g/mol. The van der Waals surface area contributed by atoms with Gasteiger partial charge in [0.2, 0.25) is 5.91 Å². The minimum Gasteiger partial charge on any atom is -0.468 e. The highest BCUT2D eigenvalue weighted by Gasteiger charge is 2.13.